The first kappa shape index (κ1) is 28.0. The first-order valence-corrected chi connectivity index (χ1v) is 15.2. The molecule has 0 saturated carbocycles. The molecular weight excluding hydrogens is 500 g/mol. The van der Waals surface area contributed by atoms with E-state index in [0.29, 0.717) is 34.6 Å². The summed E-state index contributed by atoms with van der Waals surface area (Å²) < 4.78 is 2.76. The third-order valence-electron chi connectivity index (χ3n) is 8.44. The summed E-state index contributed by atoms with van der Waals surface area (Å²) in [5, 5.41) is 5.15. The number of hydrogen-bond donors (Lipinski definition) is 0. The monoisotopic (exact) mass is 540 g/mol. The number of fused-ring (bicyclic) bond motifs is 4. The number of rotatable bonds is 14. The summed E-state index contributed by atoms with van der Waals surface area (Å²) in [5.41, 5.74) is -0.905. The van der Waals surface area contributed by atoms with Gasteiger partial charge in [-0.25, -0.2) is 0 Å². The molecular formula is C34H40N2O4. The molecule has 0 bridgehead atoms. The number of hydrogen-bond acceptors (Lipinski definition) is 4. The van der Waals surface area contributed by atoms with Crippen molar-refractivity contribution < 1.29 is 0 Å². The first-order valence-electron chi connectivity index (χ1n) is 15.2. The van der Waals surface area contributed by atoms with Gasteiger partial charge in [0.1, 0.15) is 0 Å². The van der Waals surface area contributed by atoms with Crippen LogP contribution >= 0.6 is 0 Å². The maximum Gasteiger partial charge on any atom is 0.261 e. The van der Waals surface area contributed by atoms with E-state index in [1.165, 1.54) is 47.7 Å². The molecule has 0 fully saturated rings. The van der Waals surface area contributed by atoms with Gasteiger partial charge in [-0.2, -0.15) is 0 Å². The standard InChI is InChI=1S/C34H40N2O4/c1-3-5-7-9-11-13-15-35-31(37)27-19-23-17-25-21-29-30(22-26(25)18-24(23)20-28(27)32(35)38)34(40)36(33(29)39)16-14-12-10-8-6-4-2/h17-22H,3-16H2,1-2H3. The van der Waals surface area contributed by atoms with Gasteiger partial charge in [0.15, 0.2) is 0 Å². The number of unbranched alkanes of at least 4 members (excludes halogenated alkanes) is 10. The van der Waals surface area contributed by atoms with E-state index in [9.17, 15) is 19.2 Å². The van der Waals surface area contributed by atoms with Crippen LogP contribution in [-0.2, 0) is 13.1 Å². The third-order valence-corrected chi connectivity index (χ3v) is 8.44. The lowest BCUT2D eigenvalue weighted by Crippen LogP contribution is -2.25. The van der Waals surface area contributed by atoms with E-state index in [-0.39, 0.29) is 22.2 Å². The minimum absolute atomic E-state index is 0.226. The molecule has 0 aliphatic heterocycles. The molecule has 0 saturated heterocycles. The molecule has 6 nitrogen and oxygen atoms in total. The highest BCUT2D eigenvalue weighted by atomic mass is 16.2. The lowest BCUT2D eigenvalue weighted by molar-refractivity contribution is 0.547. The molecule has 0 N–H and O–H groups in total. The van der Waals surface area contributed by atoms with Crippen molar-refractivity contribution in [3.8, 4) is 0 Å². The molecule has 0 unspecified atom stereocenters. The van der Waals surface area contributed by atoms with Crippen molar-refractivity contribution in [2.45, 2.75) is 104 Å². The fourth-order valence-electron chi connectivity index (χ4n) is 6.08. The zero-order chi connectivity index (χ0) is 28.2. The van der Waals surface area contributed by atoms with E-state index in [1.54, 1.807) is 24.3 Å². The molecule has 0 radical (unpaired) electrons. The van der Waals surface area contributed by atoms with E-state index < -0.39 is 0 Å². The zero-order valence-electron chi connectivity index (χ0n) is 23.9. The van der Waals surface area contributed by atoms with Crippen LogP contribution in [0.2, 0.25) is 0 Å². The molecule has 6 heteroatoms. The minimum Gasteiger partial charge on any atom is -0.274 e. The Morgan fingerprint density at radius 1 is 0.400 bits per heavy atom. The number of aromatic nitrogens is 2. The van der Waals surface area contributed by atoms with Gasteiger partial charge in [-0.3, -0.25) is 28.3 Å². The predicted molar refractivity (Wildman–Crippen MR) is 167 cm³/mol. The van der Waals surface area contributed by atoms with Gasteiger partial charge in [-0.1, -0.05) is 78.1 Å². The Morgan fingerprint density at radius 2 is 0.675 bits per heavy atom. The molecule has 0 atom stereocenters. The van der Waals surface area contributed by atoms with Crippen LogP contribution in [0.15, 0.2) is 55.6 Å². The summed E-state index contributed by atoms with van der Waals surface area (Å²) in [7, 11) is 0. The van der Waals surface area contributed by atoms with Crippen LogP contribution in [0.3, 0.4) is 0 Å². The quantitative estimate of drug-likeness (QED) is 0.113. The van der Waals surface area contributed by atoms with Gasteiger partial charge in [0.2, 0.25) is 0 Å². The Bertz CT molecular complexity index is 1620. The summed E-state index contributed by atoms with van der Waals surface area (Å²) in [6.45, 7) is 5.26. The van der Waals surface area contributed by atoms with E-state index in [0.717, 1.165) is 60.1 Å². The largest absolute Gasteiger partial charge is 0.274 e. The summed E-state index contributed by atoms with van der Waals surface area (Å²) in [4.78, 5) is 52.5. The zero-order valence-corrected chi connectivity index (χ0v) is 23.9. The topological polar surface area (TPSA) is 78.1 Å². The summed E-state index contributed by atoms with van der Waals surface area (Å²) in [6, 6.07) is 11.1. The van der Waals surface area contributed by atoms with Crippen molar-refractivity contribution in [3.05, 3.63) is 77.8 Å². The molecule has 0 aliphatic rings. The maximum absolute atomic E-state index is 13.1. The van der Waals surface area contributed by atoms with Crippen molar-refractivity contribution in [3.63, 3.8) is 0 Å². The Morgan fingerprint density at radius 3 is 0.975 bits per heavy atom. The second-order valence-corrected chi connectivity index (χ2v) is 11.4. The lowest BCUT2D eigenvalue weighted by Gasteiger charge is -2.03. The molecule has 3 aromatic carbocycles. The second-order valence-electron chi connectivity index (χ2n) is 11.4. The van der Waals surface area contributed by atoms with Gasteiger partial charge in [-0.05, 0) is 70.8 Å². The van der Waals surface area contributed by atoms with Gasteiger partial charge >= 0.3 is 0 Å². The molecule has 5 rings (SSSR count). The average molecular weight is 541 g/mol. The van der Waals surface area contributed by atoms with Gasteiger partial charge in [0.25, 0.3) is 22.2 Å². The molecule has 2 heterocycles. The molecule has 0 aliphatic carbocycles. The van der Waals surface area contributed by atoms with Crippen LogP contribution in [0.1, 0.15) is 90.9 Å². The fourth-order valence-corrected chi connectivity index (χ4v) is 6.08. The van der Waals surface area contributed by atoms with Crippen molar-refractivity contribution in [2.24, 2.45) is 0 Å². The van der Waals surface area contributed by atoms with Gasteiger partial charge in [0.05, 0.1) is 21.5 Å². The molecule has 210 valence electrons. The van der Waals surface area contributed by atoms with Crippen LogP contribution in [0.25, 0.3) is 43.1 Å². The van der Waals surface area contributed by atoms with Gasteiger partial charge < -0.3 is 0 Å². The van der Waals surface area contributed by atoms with Crippen LogP contribution in [0.5, 0.6) is 0 Å². The van der Waals surface area contributed by atoms with Crippen LogP contribution in [0, 0.1) is 0 Å². The van der Waals surface area contributed by atoms with Crippen molar-refractivity contribution in [1.82, 2.24) is 9.13 Å². The summed E-state index contributed by atoms with van der Waals surface area (Å²) >= 11 is 0. The Kier molecular flexibility index (Phi) is 8.63. The molecule has 2 aromatic heterocycles. The van der Waals surface area contributed by atoms with E-state index >= 15 is 0 Å². The van der Waals surface area contributed by atoms with Crippen molar-refractivity contribution in [2.75, 3.05) is 0 Å². The van der Waals surface area contributed by atoms with Gasteiger partial charge in [0, 0.05) is 13.1 Å². The Labute approximate surface area is 233 Å². The summed E-state index contributed by atoms with van der Waals surface area (Å²) in [6.07, 6.45) is 13.1. The van der Waals surface area contributed by atoms with Crippen LogP contribution in [-0.4, -0.2) is 9.13 Å². The van der Waals surface area contributed by atoms with Crippen LogP contribution < -0.4 is 22.2 Å². The normalized spacial score (nSPS) is 12.1. The van der Waals surface area contributed by atoms with Crippen molar-refractivity contribution >= 4 is 43.1 Å². The third kappa shape index (κ3) is 5.41. The van der Waals surface area contributed by atoms with Gasteiger partial charge in [-0.15, -0.1) is 0 Å². The molecule has 0 amide bonds. The SMILES string of the molecule is CCCCCCCCn1c(=O)c2cc3cc4cc5c(=O)n(CCCCCCCC)c(=O)c5cc4cc3cc2c1=O. The average Bonchev–Trinajstić information content (AvgIpc) is 3.32. The highest BCUT2D eigenvalue weighted by molar-refractivity contribution is 6.08. The lowest BCUT2D eigenvalue weighted by atomic mass is 10.00. The minimum atomic E-state index is -0.226. The van der Waals surface area contributed by atoms with Crippen molar-refractivity contribution in [1.29, 1.82) is 0 Å². The summed E-state index contributed by atoms with van der Waals surface area (Å²) in [5.74, 6) is 0. The first-order chi connectivity index (χ1) is 19.4. The molecule has 5 aromatic rings. The molecule has 0 spiro atoms. The Hall–Kier alpha value is -3.54. The molecule has 40 heavy (non-hydrogen) atoms. The maximum atomic E-state index is 13.1. The van der Waals surface area contributed by atoms with Crippen LogP contribution in [0.4, 0.5) is 0 Å². The highest BCUT2D eigenvalue weighted by Crippen LogP contribution is 2.28. The Balaban J connectivity index is 1.46. The predicted octanol–water partition coefficient (Wildman–Crippen LogP) is 6.94. The van der Waals surface area contributed by atoms with E-state index in [1.807, 2.05) is 12.1 Å². The highest BCUT2D eigenvalue weighted by Gasteiger charge is 2.16. The number of nitrogens with zero attached hydrogens (tertiary/aromatic N) is 2. The van der Waals surface area contributed by atoms with E-state index in [4.69, 9.17) is 0 Å². The second kappa shape index (κ2) is 12.3. The smallest absolute Gasteiger partial charge is 0.261 e. The number of benzene rings is 3. The van der Waals surface area contributed by atoms with E-state index in [2.05, 4.69) is 13.8 Å². The fraction of sp³-hybridized carbons (Fsp3) is 0.471.